The number of nitrogens with two attached hydrogens (primary N) is 2. The van der Waals surface area contributed by atoms with Gasteiger partial charge in [0, 0.05) is 29.5 Å². The Morgan fingerprint density at radius 3 is 1.31 bits per heavy atom. The van der Waals surface area contributed by atoms with Gasteiger partial charge in [0.05, 0.1) is 31.0 Å². The summed E-state index contributed by atoms with van der Waals surface area (Å²) in [7, 11) is -7.97. The minimum Gasteiger partial charge on any atom is -0.501 e. The van der Waals surface area contributed by atoms with Crippen LogP contribution in [0.4, 0.5) is 34.1 Å². The van der Waals surface area contributed by atoms with Gasteiger partial charge >= 0.3 is 12.8 Å². The van der Waals surface area contributed by atoms with Gasteiger partial charge in [0.15, 0.2) is 0 Å². The van der Waals surface area contributed by atoms with Crippen molar-refractivity contribution < 1.29 is 55.7 Å². The van der Waals surface area contributed by atoms with Crippen molar-refractivity contribution in [2.75, 3.05) is 0 Å². The fraction of sp³-hybridized carbons (Fsp3) is 0.118. The fourth-order valence-electron chi connectivity index (χ4n) is 5.28. The molecular weight excluding hydrogens is 885 g/mol. The van der Waals surface area contributed by atoms with Crippen molar-refractivity contribution in [3.05, 3.63) is 136 Å². The average Bonchev–Trinajstić information content (AvgIpc) is 3.62. The zero-order valence-electron chi connectivity index (χ0n) is 32.8. The molecule has 0 saturated heterocycles. The predicted octanol–water partition coefficient (Wildman–Crippen LogP) is 4.60. The number of hydrogen-bond acceptors (Lipinski definition) is 18. The summed E-state index contributed by atoms with van der Waals surface area (Å²) in [4.78, 5) is 45.5. The quantitative estimate of drug-likeness (QED) is 0.0632. The van der Waals surface area contributed by atoms with E-state index in [0.29, 0.717) is 11.1 Å². The maximum absolute atomic E-state index is 12.7. The molecule has 0 aliphatic rings. The third-order valence-electron chi connectivity index (χ3n) is 8.09. The molecular formula is C34H31CrN12O12S2-. The summed E-state index contributed by atoms with van der Waals surface area (Å²) >= 11 is 0. The summed E-state index contributed by atoms with van der Waals surface area (Å²) in [5.41, 5.74) is -1.68. The molecule has 0 fully saturated rings. The van der Waals surface area contributed by atoms with Crippen molar-refractivity contribution in [2.24, 2.45) is 30.7 Å². The summed E-state index contributed by atoms with van der Waals surface area (Å²) in [6.45, 7) is 6.11. The standard InChI is InChI=1S/2C17H15N6O6S.Cr/c2*1-9-6-13(16(24)14(7-9)23(26)27)19-20-15-10(2)21-22(17(15)25)11-4-3-5-12(8-11)30(18,28)29;/h2*3-8,24H,1-2H3,(H2,18,28,29);/q2*-1;/p+1. The average molecular weight is 916 g/mol. The van der Waals surface area contributed by atoms with Crippen LogP contribution in [0.2, 0.25) is 0 Å². The molecule has 0 aliphatic heterocycles. The normalized spacial score (nSPS) is 11.6. The van der Waals surface area contributed by atoms with Gasteiger partial charge in [0.25, 0.3) is 0 Å². The zero-order valence-corrected chi connectivity index (χ0v) is 34.7. The summed E-state index contributed by atoms with van der Waals surface area (Å²) in [6, 6.07) is 15.7. The van der Waals surface area contributed by atoms with Gasteiger partial charge in [-0.15, -0.1) is 11.4 Å². The molecule has 6 N–H and O–H groups in total. The maximum atomic E-state index is 12.7. The topological polar surface area (TPSA) is 366 Å². The van der Waals surface area contributed by atoms with E-state index in [4.69, 9.17) is 10.3 Å². The molecule has 6 aromatic rings. The zero-order chi connectivity index (χ0) is 44.4. The summed E-state index contributed by atoms with van der Waals surface area (Å²) in [5, 5.41) is 75.5. The molecule has 6 rings (SSSR count). The maximum Gasteiger partial charge on any atom is 1.00 e. The van der Waals surface area contributed by atoms with Crippen LogP contribution in [0, 0.1) is 47.9 Å². The minimum atomic E-state index is -3.98. The van der Waals surface area contributed by atoms with E-state index in [-0.39, 0.29) is 74.1 Å². The first kappa shape index (κ1) is 46.5. The Kier molecular flexibility index (Phi) is 13.7. The summed E-state index contributed by atoms with van der Waals surface area (Å²) in [5.74, 6) is -1.37. The van der Waals surface area contributed by atoms with Crippen LogP contribution >= 0.6 is 0 Å². The minimum absolute atomic E-state index is 0. The number of rotatable bonds is 10. The van der Waals surface area contributed by atoms with Gasteiger partial charge in [-0.1, -0.05) is 37.4 Å². The molecule has 0 atom stereocenters. The number of nitrogens with zero attached hydrogens (tertiary/aromatic N) is 10. The number of azo groups is 2. The van der Waals surface area contributed by atoms with E-state index in [1.165, 1.54) is 86.6 Å². The second-order valence-electron chi connectivity index (χ2n) is 12.6. The number of primary sulfonamides is 2. The number of phenolic OH excluding ortho intramolecular Hbond substituents is 2. The van der Waals surface area contributed by atoms with Gasteiger partial charge in [0.2, 0.25) is 31.5 Å². The van der Waals surface area contributed by atoms with Gasteiger partial charge in [-0.25, -0.2) is 46.7 Å². The van der Waals surface area contributed by atoms with E-state index in [9.17, 15) is 56.9 Å². The molecule has 0 bridgehead atoms. The monoisotopic (exact) mass is 915 g/mol. The van der Waals surface area contributed by atoms with Gasteiger partial charge < -0.3 is 30.0 Å². The molecule has 2 aromatic heterocycles. The predicted molar refractivity (Wildman–Crippen MR) is 212 cm³/mol. The Morgan fingerprint density at radius 2 is 1.00 bits per heavy atom. The number of aromatic nitrogens is 4. The van der Waals surface area contributed by atoms with Crippen LogP contribution < -0.4 is 21.4 Å². The molecule has 0 saturated carbocycles. The third kappa shape index (κ3) is 10.4. The summed E-state index contributed by atoms with van der Waals surface area (Å²) in [6.07, 6.45) is 0. The molecule has 0 amide bonds. The molecule has 318 valence electrons. The molecule has 0 unspecified atom stereocenters. The SMILES string of the molecule is Cc1cc(N=N[c-]2c(C)nn(-c3cccc(S(N)(=O)=O)c3)c2=O)c(O)c([N+](=O)[O-])c1.Cc1cc(N=N[c-]2c(C)nn(-c3cccc(S(N)(=O)=O)c3)c2=O)c(O)c([N+](=O)[O-])c1.[Cr].[H+]. The number of hydrogen-bond donors (Lipinski definition) is 4. The molecule has 24 nitrogen and oxygen atoms in total. The number of phenols is 2. The molecule has 0 radical (unpaired) electrons. The van der Waals surface area contributed by atoms with Crippen molar-refractivity contribution in [3.63, 3.8) is 0 Å². The van der Waals surface area contributed by atoms with Crippen LogP contribution in [0.3, 0.4) is 0 Å². The van der Waals surface area contributed by atoms with Crippen molar-refractivity contribution in [3.8, 4) is 22.9 Å². The number of aryl methyl sites for hydroxylation is 4. The molecule has 27 heteroatoms. The van der Waals surface area contributed by atoms with Gasteiger partial charge in [0.1, 0.15) is 22.5 Å². The fourth-order valence-corrected chi connectivity index (χ4v) is 6.39. The van der Waals surface area contributed by atoms with Gasteiger partial charge in [-0.05, 0) is 73.5 Å². The van der Waals surface area contributed by atoms with Crippen molar-refractivity contribution >= 4 is 54.2 Å². The Balaban J connectivity index is 0.000000320. The number of aromatic hydroxyl groups is 2. The largest absolute Gasteiger partial charge is 1.00 e. The Labute approximate surface area is 355 Å². The van der Waals surface area contributed by atoms with E-state index in [0.717, 1.165) is 9.36 Å². The van der Waals surface area contributed by atoms with Gasteiger partial charge in [-0.3, -0.25) is 20.2 Å². The van der Waals surface area contributed by atoms with E-state index in [2.05, 4.69) is 30.7 Å². The molecule has 4 aromatic carbocycles. The molecule has 0 aliphatic carbocycles. The number of nitro groups is 2. The first-order valence-corrected chi connectivity index (χ1v) is 19.7. The first-order valence-electron chi connectivity index (χ1n) is 16.6. The van der Waals surface area contributed by atoms with E-state index in [1.807, 2.05) is 0 Å². The molecule has 61 heavy (non-hydrogen) atoms. The van der Waals surface area contributed by atoms with Crippen molar-refractivity contribution in [1.29, 1.82) is 0 Å². The van der Waals surface area contributed by atoms with Crippen LogP contribution in [0.15, 0.2) is 113 Å². The van der Waals surface area contributed by atoms with Crippen LogP contribution in [-0.2, 0) is 37.4 Å². The van der Waals surface area contributed by atoms with Crippen molar-refractivity contribution in [1.82, 2.24) is 19.6 Å². The smallest absolute Gasteiger partial charge is 0.501 e. The Bertz CT molecular complexity index is 2940. The Hall–Kier alpha value is -7.15. The number of benzene rings is 4. The van der Waals surface area contributed by atoms with Gasteiger partial charge in [-0.2, -0.15) is 10.2 Å². The third-order valence-corrected chi connectivity index (χ3v) is 9.92. The van der Waals surface area contributed by atoms with Crippen LogP contribution in [0.25, 0.3) is 11.4 Å². The molecule has 2 heterocycles. The van der Waals surface area contributed by atoms with Crippen molar-refractivity contribution in [2.45, 2.75) is 37.5 Å². The summed E-state index contributed by atoms with van der Waals surface area (Å²) < 4.78 is 48.0. The van der Waals surface area contributed by atoms with Crippen LogP contribution in [0.5, 0.6) is 11.5 Å². The van der Waals surface area contributed by atoms with E-state index >= 15 is 0 Å². The van der Waals surface area contributed by atoms with Crippen LogP contribution in [0.1, 0.15) is 23.9 Å². The van der Waals surface area contributed by atoms with Crippen LogP contribution in [-0.4, -0.2) is 56.5 Å². The second kappa shape index (κ2) is 18.0. The first-order chi connectivity index (χ1) is 28.0. The second-order valence-corrected chi connectivity index (χ2v) is 15.7. The number of nitro benzene ring substituents is 2. The Morgan fingerprint density at radius 1 is 0.656 bits per heavy atom. The molecule has 0 spiro atoms. The van der Waals surface area contributed by atoms with E-state index < -0.39 is 63.9 Å². The number of sulfonamides is 2. The van der Waals surface area contributed by atoms with E-state index in [1.54, 1.807) is 13.8 Å².